The molecule has 0 saturated carbocycles. The molecule has 168 valence electrons. The van der Waals surface area contributed by atoms with Crippen molar-refractivity contribution in [1.29, 1.82) is 0 Å². The summed E-state index contributed by atoms with van der Waals surface area (Å²) in [5.74, 6) is 1.71. The van der Waals surface area contributed by atoms with Crippen LogP contribution in [0.1, 0.15) is 30.7 Å². The predicted octanol–water partition coefficient (Wildman–Crippen LogP) is 3.06. The Bertz CT molecular complexity index is 1130. The largest absolute Gasteiger partial charge is 0.495 e. The van der Waals surface area contributed by atoms with Gasteiger partial charge in [0.25, 0.3) is 0 Å². The van der Waals surface area contributed by atoms with E-state index in [1.165, 1.54) is 0 Å². The molecule has 1 aliphatic rings. The molecular formula is C23H29N7O2. The zero-order chi connectivity index (χ0) is 22.8. The van der Waals surface area contributed by atoms with E-state index in [0.717, 1.165) is 39.8 Å². The van der Waals surface area contributed by atoms with Gasteiger partial charge in [0.05, 0.1) is 43.1 Å². The zero-order valence-corrected chi connectivity index (χ0v) is 19.1. The van der Waals surface area contributed by atoms with Crippen LogP contribution in [-0.4, -0.2) is 45.9 Å². The number of hydrogen-bond donors (Lipinski definition) is 2. The first-order valence-electron chi connectivity index (χ1n) is 10.6. The van der Waals surface area contributed by atoms with Crippen LogP contribution in [0.4, 0.5) is 17.2 Å². The summed E-state index contributed by atoms with van der Waals surface area (Å²) in [6, 6.07) is 3.71. The van der Waals surface area contributed by atoms with Crippen molar-refractivity contribution in [1.82, 2.24) is 19.7 Å². The first-order valence-corrected chi connectivity index (χ1v) is 10.6. The van der Waals surface area contributed by atoms with Gasteiger partial charge in [-0.05, 0) is 18.9 Å². The third-order valence-electron chi connectivity index (χ3n) is 5.71. The number of carbonyl (C=O) groups is 1. The van der Waals surface area contributed by atoms with E-state index in [-0.39, 0.29) is 17.9 Å². The third kappa shape index (κ3) is 4.23. The van der Waals surface area contributed by atoms with Crippen molar-refractivity contribution in [3.63, 3.8) is 0 Å². The van der Waals surface area contributed by atoms with E-state index in [2.05, 4.69) is 39.5 Å². The number of rotatable bonds is 7. The van der Waals surface area contributed by atoms with Crippen molar-refractivity contribution < 1.29 is 9.53 Å². The summed E-state index contributed by atoms with van der Waals surface area (Å²) in [4.78, 5) is 23.3. The van der Waals surface area contributed by atoms with Crippen molar-refractivity contribution in [2.24, 2.45) is 5.92 Å². The minimum absolute atomic E-state index is 0.0128. The molecule has 0 fully saturated rings. The average Bonchev–Trinajstić information content (AvgIpc) is 3.20. The SMILES string of the molecule is COc1cnccc1Cn1cc(CNc2cc3c(c(C)n2)NC(=O)[C@H](C(C)C)N3C)cn1. The van der Waals surface area contributed by atoms with E-state index in [0.29, 0.717) is 13.1 Å². The Hall–Kier alpha value is -3.62. The molecule has 3 aromatic rings. The number of hydrogen-bond acceptors (Lipinski definition) is 7. The van der Waals surface area contributed by atoms with Crippen LogP contribution in [0, 0.1) is 12.8 Å². The van der Waals surface area contributed by atoms with Gasteiger partial charge in [-0.1, -0.05) is 13.8 Å². The van der Waals surface area contributed by atoms with Gasteiger partial charge >= 0.3 is 0 Å². The van der Waals surface area contributed by atoms with Crippen molar-refractivity contribution >= 4 is 23.1 Å². The Balaban J connectivity index is 1.47. The van der Waals surface area contributed by atoms with Crippen LogP contribution in [0.3, 0.4) is 0 Å². The quantitative estimate of drug-likeness (QED) is 0.589. The van der Waals surface area contributed by atoms with E-state index in [1.807, 2.05) is 48.1 Å². The number of nitrogens with one attached hydrogen (secondary N) is 2. The normalized spacial score (nSPS) is 15.5. The number of aromatic nitrogens is 4. The van der Waals surface area contributed by atoms with Gasteiger partial charge in [-0.15, -0.1) is 0 Å². The van der Waals surface area contributed by atoms with Gasteiger partial charge in [-0.25, -0.2) is 4.98 Å². The average molecular weight is 436 g/mol. The molecule has 0 aromatic carbocycles. The Kier molecular flexibility index (Phi) is 5.98. The van der Waals surface area contributed by atoms with Crippen LogP contribution < -0.4 is 20.3 Å². The van der Waals surface area contributed by atoms with Gasteiger partial charge < -0.3 is 20.3 Å². The standard InChI is InChI=1S/C23H29N7O2/c1-14(2)22-23(31)28-21-15(3)27-20(8-18(21)29(22)4)25-9-16-10-26-30(12-16)13-17-6-7-24-11-19(17)32-5/h6-8,10-12,14,22H,9,13H2,1-5H3,(H,25,27)(H,28,31)/t22-/m0/s1. The monoisotopic (exact) mass is 435 g/mol. The lowest BCUT2D eigenvalue weighted by Crippen LogP contribution is -2.49. The topological polar surface area (TPSA) is 97.2 Å². The summed E-state index contributed by atoms with van der Waals surface area (Å²) in [7, 11) is 3.60. The maximum atomic E-state index is 12.5. The van der Waals surface area contributed by atoms with Crippen LogP contribution >= 0.6 is 0 Å². The summed E-state index contributed by atoms with van der Waals surface area (Å²) in [6.45, 7) is 7.20. The number of ether oxygens (including phenoxy) is 1. The van der Waals surface area contributed by atoms with Crippen LogP contribution in [0.15, 0.2) is 36.9 Å². The summed E-state index contributed by atoms with van der Waals surface area (Å²) in [5, 5.41) is 10.9. The maximum absolute atomic E-state index is 12.5. The molecule has 0 saturated heterocycles. The molecule has 9 nitrogen and oxygen atoms in total. The highest BCUT2D eigenvalue weighted by molar-refractivity contribution is 6.04. The van der Waals surface area contributed by atoms with Crippen molar-refractivity contribution in [3.8, 4) is 5.75 Å². The molecule has 1 amide bonds. The Morgan fingerprint density at radius 1 is 1.31 bits per heavy atom. The number of carbonyl (C=O) groups excluding carboxylic acids is 1. The number of fused-ring (bicyclic) bond motifs is 1. The van der Waals surface area contributed by atoms with E-state index >= 15 is 0 Å². The molecule has 1 atom stereocenters. The van der Waals surface area contributed by atoms with Crippen LogP contribution in [0.25, 0.3) is 0 Å². The fraction of sp³-hybridized carbons (Fsp3) is 0.391. The maximum Gasteiger partial charge on any atom is 0.247 e. The molecule has 3 aromatic heterocycles. The van der Waals surface area contributed by atoms with Crippen molar-refractivity contribution in [2.75, 3.05) is 29.7 Å². The van der Waals surface area contributed by atoms with E-state index in [1.54, 1.807) is 19.5 Å². The van der Waals surface area contributed by atoms with Gasteiger partial charge in [0.2, 0.25) is 5.91 Å². The van der Waals surface area contributed by atoms with E-state index < -0.39 is 0 Å². The number of nitrogens with zero attached hydrogens (tertiary/aromatic N) is 5. The minimum atomic E-state index is -0.208. The molecule has 0 spiro atoms. The lowest BCUT2D eigenvalue weighted by atomic mass is 9.98. The molecule has 0 unspecified atom stereocenters. The number of methoxy groups -OCH3 is 1. The number of amides is 1. The fourth-order valence-electron chi connectivity index (χ4n) is 4.13. The molecule has 0 bridgehead atoms. The lowest BCUT2D eigenvalue weighted by Gasteiger charge is -2.38. The molecule has 2 N–H and O–H groups in total. The second-order valence-electron chi connectivity index (χ2n) is 8.36. The van der Waals surface area contributed by atoms with Crippen LogP contribution in [-0.2, 0) is 17.9 Å². The number of anilines is 3. The Morgan fingerprint density at radius 2 is 2.12 bits per heavy atom. The minimum Gasteiger partial charge on any atom is -0.495 e. The summed E-state index contributed by atoms with van der Waals surface area (Å²) < 4.78 is 7.24. The number of likely N-dealkylation sites (N-methyl/N-ethyl adjacent to an activating group) is 1. The highest BCUT2D eigenvalue weighted by Gasteiger charge is 2.34. The van der Waals surface area contributed by atoms with Crippen LogP contribution in [0.5, 0.6) is 5.75 Å². The van der Waals surface area contributed by atoms with Gasteiger partial charge in [-0.3, -0.25) is 14.5 Å². The van der Waals surface area contributed by atoms with E-state index in [4.69, 9.17) is 4.74 Å². The fourth-order valence-corrected chi connectivity index (χ4v) is 4.13. The lowest BCUT2D eigenvalue weighted by molar-refractivity contribution is -0.118. The van der Waals surface area contributed by atoms with Crippen molar-refractivity contribution in [2.45, 2.75) is 39.9 Å². The highest BCUT2D eigenvalue weighted by atomic mass is 16.5. The number of pyridine rings is 2. The van der Waals surface area contributed by atoms with Gasteiger partial charge in [0.1, 0.15) is 17.6 Å². The second-order valence-corrected chi connectivity index (χ2v) is 8.36. The Labute approximate surface area is 187 Å². The molecule has 9 heteroatoms. The second kappa shape index (κ2) is 8.86. The summed E-state index contributed by atoms with van der Waals surface area (Å²) in [5.41, 5.74) is 4.59. The smallest absolute Gasteiger partial charge is 0.247 e. The van der Waals surface area contributed by atoms with Gasteiger partial charge in [0, 0.05) is 43.2 Å². The first-order chi connectivity index (χ1) is 15.4. The summed E-state index contributed by atoms with van der Waals surface area (Å²) in [6.07, 6.45) is 7.29. The van der Waals surface area contributed by atoms with E-state index in [9.17, 15) is 4.79 Å². The highest BCUT2D eigenvalue weighted by Crippen LogP contribution is 2.36. The number of aryl methyl sites for hydroxylation is 1. The third-order valence-corrected chi connectivity index (χ3v) is 5.71. The van der Waals surface area contributed by atoms with Gasteiger partial charge in [-0.2, -0.15) is 5.10 Å². The molecule has 1 aliphatic heterocycles. The van der Waals surface area contributed by atoms with Crippen molar-refractivity contribution in [3.05, 3.63) is 53.7 Å². The molecule has 32 heavy (non-hydrogen) atoms. The summed E-state index contributed by atoms with van der Waals surface area (Å²) >= 11 is 0. The molecular weight excluding hydrogens is 406 g/mol. The molecule has 4 rings (SSSR count). The van der Waals surface area contributed by atoms with Crippen LogP contribution in [0.2, 0.25) is 0 Å². The Morgan fingerprint density at radius 3 is 2.88 bits per heavy atom. The zero-order valence-electron chi connectivity index (χ0n) is 19.1. The molecule has 0 aliphatic carbocycles. The first kappa shape index (κ1) is 21.6. The molecule has 4 heterocycles. The molecule has 0 radical (unpaired) electrons. The predicted molar refractivity (Wildman–Crippen MR) is 124 cm³/mol. The van der Waals surface area contributed by atoms with Gasteiger partial charge in [0.15, 0.2) is 0 Å².